The van der Waals surface area contributed by atoms with E-state index >= 15 is 0 Å². The van der Waals surface area contributed by atoms with E-state index in [1.165, 1.54) is 0 Å². The fourth-order valence-electron chi connectivity index (χ4n) is 1.79. The summed E-state index contributed by atoms with van der Waals surface area (Å²) in [6.07, 6.45) is 1.50. The van der Waals surface area contributed by atoms with Crippen LogP contribution >= 0.6 is 0 Å². The molecule has 0 spiro atoms. The van der Waals surface area contributed by atoms with E-state index < -0.39 is 11.5 Å². The molecule has 0 aliphatic heterocycles. The second kappa shape index (κ2) is 6.20. The molecular formula is C16H25NO2. The summed E-state index contributed by atoms with van der Waals surface area (Å²) in [5.74, 6) is -0.785. The van der Waals surface area contributed by atoms with Crippen molar-refractivity contribution in [1.82, 2.24) is 5.32 Å². The van der Waals surface area contributed by atoms with E-state index in [0.717, 1.165) is 12.0 Å². The Hall–Kier alpha value is -1.35. The van der Waals surface area contributed by atoms with Gasteiger partial charge in [0.15, 0.2) is 0 Å². The highest BCUT2D eigenvalue weighted by molar-refractivity contribution is 5.78. The Morgan fingerprint density at radius 2 is 1.68 bits per heavy atom. The van der Waals surface area contributed by atoms with Crippen molar-refractivity contribution < 1.29 is 9.90 Å². The SMILES string of the molecule is CC(C)(C)CC[C@](C)(NCc1ccccc1)C(=O)O. The quantitative estimate of drug-likeness (QED) is 0.826. The standard InChI is InChI=1S/C16H25NO2/c1-15(2,3)10-11-16(4,14(18)19)17-12-13-8-6-5-7-9-13/h5-9,17H,10-12H2,1-4H3,(H,18,19)/t16-/m0/s1. The van der Waals surface area contributed by atoms with Gasteiger partial charge in [-0.3, -0.25) is 10.1 Å². The van der Waals surface area contributed by atoms with E-state index in [4.69, 9.17) is 0 Å². The lowest BCUT2D eigenvalue weighted by Gasteiger charge is -2.30. The van der Waals surface area contributed by atoms with Crippen molar-refractivity contribution in [3.63, 3.8) is 0 Å². The number of hydrogen-bond donors (Lipinski definition) is 2. The van der Waals surface area contributed by atoms with Crippen molar-refractivity contribution in [2.75, 3.05) is 0 Å². The van der Waals surface area contributed by atoms with Crippen LogP contribution in [0.1, 0.15) is 46.1 Å². The van der Waals surface area contributed by atoms with Gasteiger partial charge >= 0.3 is 5.97 Å². The highest BCUT2D eigenvalue weighted by Crippen LogP contribution is 2.26. The predicted molar refractivity (Wildman–Crippen MR) is 78.0 cm³/mol. The molecule has 3 nitrogen and oxygen atoms in total. The van der Waals surface area contributed by atoms with Gasteiger partial charge in [-0.2, -0.15) is 0 Å². The Morgan fingerprint density at radius 1 is 1.11 bits per heavy atom. The maximum absolute atomic E-state index is 11.5. The lowest BCUT2D eigenvalue weighted by Crippen LogP contribution is -2.49. The zero-order valence-corrected chi connectivity index (χ0v) is 12.4. The number of nitrogens with one attached hydrogen (secondary N) is 1. The fraction of sp³-hybridized carbons (Fsp3) is 0.562. The summed E-state index contributed by atoms with van der Waals surface area (Å²) < 4.78 is 0. The summed E-state index contributed by atoms with van der Waals surface area (Å²) >= 11 is 0. The van der Waals surface area contributed by atoms with Crippen LogP contribution in [0, 0.1) is 5.41 Å². The number of carboxylic acids is 1. The molecular weight excluding hydrogens is 238 g/mol. The van der Waals surface area contributed by atoms with Gasteiger partial charge in [0.2, 0.25) is 0 Å². The van der Waals surface area contributed by atoms with E-state index in [0.29, 0.717) is 13.0 Å². The minimum atomic E-state index is -0.872. The second-order valence-electron chi connectivity index (χ2n) is 6.54. The first-order valence-electron chi connectivity index (χ1n) is 6.75. The van der Waals surface area contributed by atoms with Gasteiger partial charge in [-0.15, -0.1) is 0 Å². The largest absolute Gasteiger partial charge is 0.480 e. The lowest BCUT2D eigenvalue weighted by atomic mass is 9.84. The molecule has 19 heavy (non-hydrogen) atoms. The van der Waals surface area contributed by atoms with Gasteiger partial charge in [0.05, 0.1) is 0 Å². The number of rotatable bonds is 6. The van der Waals surface area contributed by atoms with Gasteiger partial charge < -0.3 is 5.11 Å². The molecule has 0 saturated heterocycles. The summed E-state index contributed by atoms with van der Waals surface area (Å²) in [5, 5.41) is 12.6. The monoisotopic (exact) mass is 263 g/mol. The lowest BCUT2D eigenvalue weighted by molar-refractivity contribution is -0.144. The van der Waals surface area contributed by atoms with Crippen LogP contribution in [0.15, 0.2) is 30.3 Å². The molecule has 0 amide bonds. The third-order valence-electron chi connectivity index (χ3n) is 3.37. The smallest absolute Gasteiger partial charge is 0.323 e. The normalized spacial score (nSPS) is 14.9. The van der Waals surface area contributed by atoms with Crippen LogP contribution in [0.25, 0.3) is 0 Å². The molecule has 1 atom stereocenters. The molecule has 0 unspecified atom stereocenters. The average Bonchev–Trinajstić information content (AvgIpc) is 2.34. The topological polar surface area (TPSA) is 49.3 Å². The molecule has 1 rings (SSSR count). The molecule has 0 aromatic heterocycles. The Labute approximate surface area is 116 Å². The molecule has 0 aliphatic carbocycles. The fourth-order valence-corrected chi connectivity index (χ4v) is 1.79. The zero-order valence-electron chi connectivity index (χ0n) is 12.4. The summed E-state index contributed by atoms with van der Waals surface area (Å²) in [6.45, 7) is 8.74. The summed E-state index contributed by atoms with van der Waals surface area (Å²) in [5.41, 5.74) is 0.375. The van der Waals surface area contributed by atoms with E-state index in [1.54, 1.807) is 6.92 Å². The van der Waals surface area contributed by atoms with E-state index in [1.807, 2.05) is 30.3 Å². The van der Waals surface area contributed by atoms with Crippen LogP contribution in [0.5, 0.6) is 0 Å². The van der Waals surface area contributed by atoms with Crippen LogP contribution in [0.3, 0.4) is 0 Å². The number of aliphatic carboxylic acids is 1. The number of carbonyl (C=O) groups is 1. The van der Waals surface area contributed by atoms with Gasteiger partial charge in [-0.25, -0.2) is 0 Å². The zero-order chi connectivity index (χ0) is 14.5. The third kappa shape index (κ3) is 5.43. The molecule has 0 aliphatic rings. The van der Waals surface area contributed by atoms with Crippen LogP contribution in [0.2, 0.25) is 0 Å². The number of benzene rings is 1. The van der Waals surface area contributed by atoms with Crippen molar-refractivity contribution in [1.29, 1.82) is 0 Å². The van der Waals surface area contributed by atoms with Gasteiger partial charge in [0.25, 0.3) is 0 Å². The maximum atomic E-state index is 11.5. The first-order valence-corrected chi connectivity index (χ1v) is 6.75. The molecule has 106 valence electrons. The van der Waals surface area contributed by atoms with Gasteiger partial charge in [0, 0.05) is 6.54 Å². The highest BCUT2D eigenvalue weighted by Gasteiger charge is 2.33. The van der Waals surface area contributed by atoms with Gasteiger partial charge in [-0.1, -0.05) is 51.1 Å². The Bertz CT molecular complexity index is 409. The van der Waals surface area contributed by atoms with Crippen LogP contribution in [-0.2, 0) is 11.3 Å². The molecule has 1 aromatic rings. The Morgan fingerprint density at radius 3 is 2.16 bits per heavy atom. The molecule has 0 bridgehead atoms. The van der Waals surface area contributed by atoms with Crippen molar-refractivity contribution in [3.8, 4) is 0 Å². The molecule has 0 radical (unpaired) electrons. The molecule has 3 heteroatoms. The Balaban J connectivity index is 2.64. The van der Waals surface area contributed by atoms with Crippen LogP contribution in [-0.4, -0.2) is 16.6 Å². The predicted octanol–water partition coefficient (Wildman–Crippen LogP) is 3.45. The Kier molecular flexibility index (Phi) is 5.12. The van der Waals surface area contributed by atoms with Crippen LogP contribution < -0.4 is 5.32 Å². The molecule has 0 saturated carbocycles. The summed E-state index contributed by atoms with van der Waals surface area (Å²) in [4.78, 5) is 11.5. The molecule has 0 heterocycles. The van der Waals surface area contributed by atoms with Gasteiger partial charge in [0.1, 0.15) is 5.54 Å². The van der Waals surface area contributed by atoms with E-state index in [2.05, 4.69) is 26.1 Å². The summed E-state index contributed by atoms with van der Waals surface area (Å²) in [6, 6.07) is 9.88. The average molecular weight is 263 g/mol. The highest BCUT2D eigenvalue weighted by atomic mass is 16.4. The van der Waals surface area contributed by atoms with E-state index in [-0.39, 0.29) is 5.41 Å². The molecule has 1 aromatic carbocycles. The number of carboxylic acid groups (broad SMARTS) is 1. The molecule has 2 N–H and O–H groups in total. The minimum absolute atomic E-state index is 0.144. The minimum Gasteiger partial charge on any atom is -0.480 e. The van der Waals surface area contributed by atoms with Crippen molar-refractivity contribution >= 4 is 5.97 Å². The molecule has 0 fully saturated rings. The first kappa shape index (κ1) is 15.7. The third-order valence-corrected chi connectivity index (χ3v) is 3.37. The van der Waals surface area contributed by atoms with Crippen LogP contribution in [0.4, 0.5) is 0 Å². The van der Waals surface area contributed by atoms with Crippen molar-refractivity contribution in [2.24, 2.45) is 5.41 Å². The maximum Gasteiger partial charge on any atom is 0.323 e. The van der Waals surface area contributed by atoms with Crippen molar-refractivity contribution in [3.05, 3.63) is 35.9 Å². The number of hydrogen-bond acceptors (Lipinski definition) is 2. The van der Waals surface area contributed by atoms with E-state index in [9.17, 15) is 9.90 Å². The summed E-state index contributed by atoms with van der Waals surface area (Å²) in [7, 11) is 0. The first-order chi connectivity index (χ1) is 8.73. The second-order valence-corrected chi connectivity index (χ2v) is 6.54. The van der Waals surface area contributed by atoms with Gasteiger partial charge in [-0.05, 0) is 30.7 Å². The van der Waals surface area contributed by atoms with Crippen molar-refractivity contribution in [2.45, 2.75) is 52.6 Å².